The lowest BCUT2D eigenvalue weighted by Gasteiger charge is -2.26. The van der Waals surface area contributed by atoms with Crippen molar-refractivity contribution >= 4 is 17.8 Å². The quantitative estimate of drug-likeness (QED) is 0.722. The molecule has 1 aromatic carbocycles. The lowest BCUT2D eigenvalue weighted by molar-refractivity contribution is 0.716. The van der Waals surface area contributed by atoms with Crippen molar-refractivity contribution in [3.8, 4) is 5.95 Å². The van der Waals surface area contributed by atoms with Gasteiger partial charge in [0.05, 0.1) is 5.69 Å². The fourth-order valence-electron chi connectivity index (χ4n) is 2.54. The van der Waals surface area contributed by atoms with Crippen LogP contribution in [0.5, 0.6) is 0 Å². The molecule has 0 unspecified atom stereocenters. The van der Waals surface area contributed by atoms with Gasteiger partial charge in [-0.3, -0.25) is 0 Å². The van der Waals surface area contributed by atoms with Crippen LogP contribution in [0, 0.1) is 6.92 Å². The zero-order chi connectivity index (χ0) is 16.5. The highest BCUT2D eigenvalue weighted by Crippen LogP contribution is 2.29. The maximum absolute atomic E-state index is 4.24. The molecule has 118 valence electrons. The molecule has 0 aliphatic carbocycles. The molecule has 4 rings (SSSR count). The van der Waals surface area contributed by atoms with Gasteiger partial charge in [0.1, 0.15) is 0 Å². The van der Waals surface area contributed by atoms with Gasteiger partial charge in [-0.1, -0.05) is 24.3 Å². The van der Waals surface area contributed by atoms with Crippen LogP contribution in [0.4, 0.5) is 5.69 Å². The Morgan fingerprint density at radius 1 is 0.958 bits per heavy atom. The van der Waals surface area contributed by atoms with Crippen molar-refractivity contribution in [1.29, 1.82) is 0 Å². The van der Waals surface area contributed by atoms with Gasteiger partial charge in [0.25, 0.3) is 5.95 Å². The van der Waals surface area contributed by atoms with Crippen LogP contribution in [-0.2, 0) is 0 Å². The van der Waals surface area contributed by atoms with Crippen LogP contribution >= 0.6 is 0 Å². The molecule has 0 amide bonds. The number of para-hydroxylation sites is 1. The molecule has 1 aliphatic rings. The van der Waals surface area contributed by atoms with Gasteiger partial charge < -0.3 is 4.90 Å². The predicted molar refractivity (Wildman–Crippen MR) is 91.3 cm³/mol. The summed E-state index contributed by atoms with van der Waals surface area (Å²) < 4.78 is 1.55. The smallest absolute Gasteiger partial charge is 0.289 e. The molecule has 0 N–H and O–H groups in total. The SMILES string of the molecule is Cc1ccn(-c2nnc(/C=C3\C=Cc4ccccc4N3C)nn2)n1. The molecule has 7 nitrogen and oxygen atoms in total. The number of nitrogens with zero attached hydrogens (tertiary/aromatic N) is 7. The summed E-state index contributed by atoms with van der Waals surface area (Å²) in [5, 5.41) is 20.7. The van der Waals surface area contributed by atoms with Crippen LogP contribution in [-0.4, -0.2) is 37.2 Å². The number of aromatic nitrogens is 6. The second kappa shape index (κ2) is 5.69. The Hall–Kier alpha value is -3.35. The molecule has 0 saturated heterocycles. The first-order valence-electron chi connectivity index (χ1n) is 7.53. The van der Waals surface area contributed by atoms with E-state index in [0.29, 0.717) is 11.8 Å². The predicted octanol–water partition coefficient (Wildman–Crippen LogP) is 2.26. The van der Waals surface area contributed by atoms with E-state index in [0.717, 1.165) is 17.1 Å². The van der Waals surface area contributed by atoms with Crippen LogP contribution in [0.3, 0.4) is 0 Å². The third kappa shape index (κ3) is 2.56. The summed E-state index contributed by atoms with van der Waals surface area (Å²) in [5.41, 5.74) is 4.17. The summed E-state index contributed by atoms with van der Waals surface area (Å²) >= 11 is 0. The summed E-state index contributed by atoms with van der Waals surface area (Å²) in [6.07, 6.45) is 7.73. The number of likely N-dealkylation sites (N-methyl/N-ethyl adjacent to an activating group) is 1. The Morgan fingerprint density at radius 2 is 1.75 bits per heavy atom. The Kier molecular flexibility index (Phi) is 3.38. The van der Waals surface area contributed by atoms with Crippen LogP contribution < -0.4 is 4.90 Å². The summed E-state index contributed by atoms with van der Waals surface area (Å²) in [6, 6.07) is 10.1. The lowest BCUT2D eigenvalue weighted by atomic mass is 10.1. The zero-order valence-corrected chi connectivity index (χ0v) is 13.3. The van der Waals surface area contributed by atoms with Crippen LogP contribution in [0.25, 0.3) is 18.1 Å². The summed E-state index contributed by atoms with van der Waals surface area (Å²) in [7, 11) is 2.01. The molecule has 0 bridgehead atoms. The van der Waals surface area contributed by atoms with E-state index < -0.39 is 0 Å². The number of allylic oxidation sites excluding steroid dienone is 1. The van der Waals surface area contributed by atoms with E-state index in [1.807, 2.05) is 44.3 Å². The van der Waals surface area contributed by atoms with Gasteiger partial charge in [0.15, 0.2) is 5.82 Å². The minimum absolute atomic E-state index is 0.350. The van der Waals surface area contributed by atoms with Crippen LogP contribution in [0.15, 0.2) is 48.3 Å². The van der Waals surface area contributed by atoms with E-state index in [1.54, 1.807) is 10.9 Å². The summed E-state index contributed by atoms with van der Waals surface area (Å²) in [4.78, 5) is 2.09. The number of rotatable bonds is 2. The van der Waals surface area contributed by atoms with E-state index in [4.69, 9.17) is 0 Å². The largest absolute Gasteiger partial charge is 0.344 e. The summed E-state index contributed by atoms with van der Waals surface area (Å²) in [6.45, 7) is 1.90. The minimum atomic E-state index is 0.350. The molecule has 24 heavy (non-hydrogen) atoms. The van der Waals surface area contributed by atoms with Gasteiger partial charge in [-0.2, -0.15) is 5.10 Å². The Morgan fingerprint density at radius 3 is 2.50 bits per heavy atom. The lowest BCUT2D eigenvalue weighted by Crippen LogP contribution is -2.18. The maximum atomic E-state index is 4.24. The monoisotopic (exact) mass is 317 g/mol. The van der Waals surface area contributed by atoms with Crippen molar-refractivity contribution in [2.75, 3.05) is 11.9 Å². The third-order valence-electron chi connectivity index (χ3n) is 3.81. The first-order valence-corrected chi connectivity index (χ1v) is 7.53. The van der Waals surface area contributed by atoms with Crippen molar-refractivity contribution in [2.24, 2.45) is 0 Å². The van der Waals surface area contributed by atoms with E-state index >= 15 is 0 Å². The number of hydrogen-bond acceptors (Lipinski definition) is 6. The molecule has 0 saturated carbocycles. The molecule has 0 spiro atoms. The molecule has 7 heteroatoms. The van der Waals surface area contributed by atoms with Crippen molar-refractivity contribution < 1.29 is 0 Å². The number of fused-ring (bicyclic) bond motifs is 1. The Bertz CT molecular complexity index is 938. The topological polar surface area (TPSA) is 72.6 Å². The second-order valence-electron chi connectivity index (χ2n) is 5.48. The fourth-order valence-corrected chi connectivity index (χ4v) is 2.54. The van der Waals surface area contributed by atoms with E-state index in [2.05, 4.69) is 48.6 Å². The van der Waals surface area contributed by atoms with Crippen molar-refractivity contribution in [2.45, 2.75) is 6.92 Å². The molecule has 1 aliphatic heterocycles. The third-order valence-corrected chi connectivity index (χ3v) is 3.81. The van der Waals surface area contributed by atoms with Crippen LogP contribution in [0.2, 0.25) is 0 Å². The van der Waals surface area contributed by atoms with Crippen molar-refractivity contribution in [3.05, 3.63) is 65.4 Å². The van der Waals surface area contributed by atoms with Crippen molar-refractivity contribution in [3.63, 3.8) is 0 Å². The Balaban J connectivity index is 1.62. The van der Waals surface area contributed by atoms with Gasteiger partial charge >= 0.3 is 0 Å². The number of anilines is 1. The first kappa shape index (κ1) is 14.3. The number of benzene rings is 1. The first-order chi connectivity index (χ1) is 11.7. The average Bonchev–Trinajstić information content (AvgIpc) is 3.05. The second-order valence-corrected chi connectivity index (χ2v) is 5.48. The fraction of sp³-hybridized carbons (Fsp3) is 0.118. The highest BCUT2D eigenvalue weighted by molar-refractivity contribution is 5.78. The number of aryl methyl sites for hydroxylation is 1. The van der Waals surface area contributed by atoms with Gasteiger partial charge in [0.2, 0.25) is 0 Å². The van der Waals surface area contributed by atoms with Gasteiger partial charge in [-0.25, -0.2) is 4.68 Å². The molecule has 0 atom stereocenters. The minimum Gasteiger partial charge on any atom is -0.344 e. The average molecular weight is 317 g/mol. The zero-order valence-electron chi connectivity index (χ0n) is 13.3. The molecule has 0 radical (unpaired) electrons. The maximum Gasteiger partial charge on any atom is 0.289 e. The van der Waals surface area contributed by atoms with E-state index in [9.17, 15) is 0 Å². The molecule has 0 fully saturated rings. The van der Waals surface area contributed by atoms with Gasteiger partial charge in [-0.05, 0) is 30.7 Å². The Labute approximate surface area is 139 Å². The molecular formula is C17H15N7. The highest BCUT2D eigenvalue weighted by atomic mass is 15.4. The summed E-state index contributed by atoms with van der Waals surface area (Å²) in [5.74, 6) is 0.802. The van der Waals surface area contributed by atoms with Gasteiger partial charge in [0, 0.05) is 30.7 Å². The molecular weight excluding hydrogens is 302 g/mol. The van der Waals surface area contributed by atoms with Crippen molar-refractivity contribution in [1.82, 2.24) is 30.2 Å². The molecule has 3 heterocycles. The standard InChI is InChI=1S/C17H15N7/c1-12-9-10-24(22-12)17-20-18-16(19-21-17)11-14-8-7-13-5-3-4-6-15(13)23(14)2/h3-11H,1-2H3/b14-11+. The van der Waals surface area contributed by atoms with E-state index in [-0.39, 0.29) is 0 Å². The van der Waals surface area contributed by atoms with Gasteiger partial charge in [-0.15, -0.1) is 20.4 Å². The molecule has 2 aromatic heterocycles. The highest BCUT2D eigenvalue weighted by Gasteiger charge is 2.13. The normalized spacial score (nSPS) is 14.9. The van der Waals surface area contributed by atoms with Crippen LogP contribution in [0.1, 0.15) is 17.1 Å². The molecule has 3 aromatic rings. The van der Waals surface area contributed by atoms with E-state index in [1.165, 1.54) is 5.56 Å². The number of hydrogen-bond donors (Lipinski definition) is 0.